The van der Waals surface area contributed by atoms with Crippen molar-refractivity contribution in [1.29, 1.82) is 0 Å². The van der Waals surface area contributed by atoms with Crippen molar-refractivity contribution >= 4 is 58.5 Å². The van der Waals surface area contributed by atoms with Gasteiger partial charge in [-0.05, 0) is 48.0 Å². The number of hydrazone groups is 1. The van der Waals surface area contributed by atoms with Gasteiger partial charge in [0.25, 0.3) is 5.91 Å². The molecule has 9 nitrogen and oxygen atoms in total. The summed E-state index contributed by atoms with van der Waals surface area (Å²) in [6, 6.07) is 13.4. The molecule has 14 heteroatoms. The van der Waals surface area contributed by atoms with Gasteiger partial charge in [-0.25, -0.2) is 5.43 Å². The van der Waals surface area contributed by atoms with E-state index in [0.29, 0.717) is 5.56 Å². The van der Waals surface area contributed by atoms with E-state index in [-0.39, 0.29) is 27.2 Å². The number of hydrogen-bond donors (Lipinski definition) is 3. The van der Waals surface area contributed by atoms with Gasteiger partial charge < -0.3 is 20.1 Å². The van der Waals surface area contributed by atoms with Crippen LogP contribution in [0, 0.1) is 0 Å². The van der Waals surface area contributed by atoms with Crippen LogP contribution in [0.4, 0.5) is 24.5 Å². The predicted molar refractivity (Wildman–Crippen MR) is 139 cm³/mol. The first-order chi connectivity index (χ1) is 18.5. The van der Waals surface area contributed by atoms with E-state index >= 15 is 0 Å². The van der Waals surface area contributed by atoms with Crippen molar-refractivity contribution in [2.75, 3.05) is 24.4 Å². The van der Waals surface area contributed by atoms with Gasteiger partial charge in [-0.1, -0.05) is 41.4 Å². The van der Waals surface area contributed by atoms with Gasteiger partial charge in [0.15, 0.2) is 18.1 Å². The maximum absolute atomic E-state index is 13.1. The molecule has 0 aliphatic carbocycles. The molecule has 0 radical (unpaired) electrons. The molecule has 3 aromatic rings. The second-order valence-electron chi connectivity index (χ2n) is 7.55. The van der Waals surface area contributed by atoms with Crippen molar-refractivity contribution in [2.45, 2.75) is 6.18 Å². The smallest absolute Gasteiger partial charge is 0.418 e. The van der Waals surface area contributed by atoms with Gasteiger partial charge in [0.2, 0.25) is 0 Å². The van der Waals surface area contributed by atoms with E-state index in [4.69, 9.17) is 32.7 Å². The van der Waals surface area contributed by atoms with Gasteiger partial charge in [-0.2, -0.15) is 18.3 Å². The molecule has 0 aliphatic rings. The zero-order chi connectivity index (χ0) is 28.6. The van der Waals surface area contributed by atoms with Crippen LogP contribution in [-0.4, -0.2) is 37.7 Å². The standard InChI is InChI=1S/C25H19Cl2F3N4O5/c1-38-20-11-14(12-31-34-24(37)23(36)33-18-8-4-6-16(26)22(18)27)9-10-19(20)39-13-21(35)32-17-7-3-2-5-15(17)25(28,29)30/h2-12H,13H2,1H3,(H,32,35)(H,33,36)(H,34,37)/b31-12-. The second-order valence-corrected chi connectivity index (χ2v) is 8.33. The highest BCUT2D eigenvalue weighted by Gasteiger charge is 2.33. The van der Waals surface area contributed by atoms with E-state index in [1.807, 2.05) is 0 Å². The van der Waals surface area contributed by atoms with Crippen LogP contribution in [0.2, 0.25) is 10.0 Å². The summed E-state index contributed by atoms with van der Waals surface area (Å²) in [5.74, 6) is -2.64. The topological polar surface area (TPSA) is 118 Å². The number of nitrogens with one attached hydrogen (secondary N) is 3. The number of anilines is 2. The first-order valence-corrected chi connectivity index (χ1v) is 11.6. The molecule has 0 atom stereocenters. The number of amides is 3. The Balaban J connectivity index is 1.57. The Bertz CT molecular complexity index is 1420. The minimum Gasteiger partial charge on any atom is -0.493 e. The van der Waals surface area contributed by atoms with Crippen LogP contribution in [-0.2, 0) is 20.6 Å². The number of nitrogens with zero attached hydrogens (tertiary/aromatic N) is 1. The van der Waals surface area contributed by atoms with Crippen LogP contribution in [0.25, 0.3) is 0 Å². The fourth-order valence-corrected chi connectivity index (χ4v) is 3.40. The number of para-hydroxylation sites is 1. The Kier molecular flexibility index (Phi) is 9.74. The van der Waals surface area contributed by atoms with Crippen molar-refractivity contribution in [3.63, 3.8) is 0 Å². The van der Waals surface area contributed by atoms with Gasteiger partial charge in [-0.3, -0.25) is 14.4 Å². The minimum absolute atomic E-state index is 0.0711. The monoisotopic (exact) mass is 582 g/mol. The molecule has 0 heterocycles. The van der Waals surface area contributed by atoms with E-state index in [0.717, 1.165) is 12.1 Å². The normalized spacial score (nSPS) is 11.1. The maximum atomic E-state index is 13.1. The largest absolute Gasteiger partial charge is 0.493 e. The highest BCUT2D eigenvalue weighted by molar-refractivity contribution is 6.45. The Morgan fingerprint density at radius 3 is 2.36 bits per heavy atom. The van der Waals surface area contributed by atoms with Crippen LogP contribution >= 0.6 is 23.2 Å². The molecular weight excluding hydrogens is 564 g/mol. The lowest BCUT2D eigenvalue weighted by Crippen LogP contribution is -2.32. The number of halogens is 5. The number of ether oxygens (including phenoxy) is 2. The summed E-state index contributed by atoms with van der Waals surface area (Å²) < 4.78 is 49.9. The number of carbonyl (C=O) groups is 3. The van der Waals surface area contributed by atoms with E-state index in [1.165, 1.54) is 55.8 Å². The number of alkyl halides is 3. The fourth-order valence-electron chi connectivity index (χ4n) is 3.05. The van der Waals surface area contributed by atoms with E-state index in [2.05, 4.69) is 21.2 Å². The first-order valence-electron chi connectivity index (χ1n) is 10.8. The summed E-state index contributed by atoms with van der Waals surface area (Å²) in [6.07, 6.45) is -3.43. The number of rotatable bonds is 8. The van der Waals surface area contributed by atoms with Crippen LogP contribution in [0.1, 0.15) is 11.1 Å². The molecule has 0 saturated carbocycles. The molecule has 204 valence electrons. The Hall–Kier alpha value is -4.29. The highest BCUT2D eigenvalue weighted by Crippen LogP contribution is 2.34. The molecular formula is C25H19Cl2F3N4O5. The zero-order valence-electron chi connectivity index (χ0n) is 19.9. The third-order valence-corrected chi connectivity index (χ3v) is 5.66. The first kappa shape index (κ1) is 29.3. The predicted octanol–water partition coefficient (Wildman–Crippen LogP) is 5.13. The van der Waals surface area contributed by atoms with Crippen molar-refractivity contribution in [1.82, 2.24) is 5.43 Å². The zero-order valence-corrected chi connectivity index (χ0v) is 21.4. The van der Waals surface area contributed by atoms with Gasteiger partial charge in [-0.15, -0.1) is 0 Å². The van der Waals surface area contributed by atoms with Gasteiger partial charge in [0.1, 0.15) is 0 Å². The number of carbonyl (C=O) groups excluding carboxylic acids is 3. The molecule has 3 aromatic carbocycles. The molecule has 0 fully saturated rings. The van der Waals surface area contributed by atoms with E-state index in [1.54, 1.807) is 6.07 Å². The average Bonchev–Trinajstić information content (AvgIpc) is 2.90. The molecule has 0 saturated heterocycles. The Morgan fingerprint density at radius 2 is 1.64 bits per heavy atom. The lowest BCUT2D eigenvalue weighted by atomic mass is 10.1. The molecule has 0 aliphatic heterocycles. The third-order valence-electron chi connectivity index (χ3n) is 4.84. The van der Waals surface area contributed by atoms with Crippen molar-refractivity contribution in [2.24, 2.45) is 5.10 Å². The van der Waals surface area contributed by atoms with Crippen molar-refractivity contribution < 1.29 is 37.0 Å². The summed E-state index contributed by atoms with van der Waals surface area (Å²) >= 11 is 11.8. The maximum Gasteiger partial charge on any atom is 0.418 e. The van der Waals surface area contributed by atoms with E-state index in [9.17, 15) is 27.6 Å². The van der Waals surface area contributed by atoms with Gasteiger partial charge in [0.05, 0.1) is 40.3 Å². The van der Waals surface area contributed by atoms with Crippen molar-refractivity contribution in [3.05, 3.63) is 81.8 Å². The SMILES string of the molecule is COc1cc(/C=N\NC(=O)C(=O)Nc2cccc(Cl)c2Cl)ccc1OCC(=O)Nc1ccccc1C(F)(F)F. The molecule has 0 aromatic heterocycles. The molecule has 0 spiro atoms. The van der Waals surface area contributed by atoms with Crippen LogP contribution in [0.5, 0.6) is 11.5 Å². The van der Waals surface area contributed by atoms with Crippen molar-refractivity contribution in [3.8, 4) is 11.5 Å². The fraction of sp³-hybridized carbons (Fsp3) is 0.120. The molecule has 3 N–H and O–H groups in total. The lowest BCUT2D eigenvalue weighted by Gasteiger charge is -2.14. The molecule has 0 unspecified atom stereocenters. The summed E-state index contributed by atoms with van der Waals surface area (Å²) in [4.78, 5) is 36.2. The summed E-state index contributed by atoms with van der Waals surface area (Å²) in [7, 11) is 1.33. The second kappa shape index (κ2) is 13.0. The number of benzene rings is 3. The molecule has 39 heavy (non-hydrogen) atoms. The molecule has 3 rings (SSSR count). The minimum atomic E-state index is -4.64. The molecule has 3 amide bonds. The number of methoxy groups -OCH3 is 1. The quantitative estimate of drug-likeness (QED) is 0.193. The van der Waals surface area contributed by atoms with Crippen LogP contribution in [0.15, 0.2) is 65.8 Å². The van der Waals surface area contributed by atoms with E-state index < -0.39 is 41.8 Å². The highest BCUT2D eigenvalue weighted by atomic mass is 35.5. The molecule has 0 bridgehead atoms. The van der Waals surface area contributed by atoms with Gasteiger partial charge >= 0.3 is 18.0 Å². The summed E-state index contributed by atoms with van der Waals surface area (Å²) in [5, 5.41) is 8.45. The average molecular weight is 583 g/mol. The lowest BCUT2D eigenvalue weighted by molar-refractivity contribution is -0.137. The Morgan fingerprint density at radius 1 is 0.923 bits per heavy atom. The summed E-state index contributed by atoms with van der Waals surface area (Å²) in [6.45, 7) is -0.599. The van der Waals surface area contributed by atoms with Crippen LogP contribution in [0.3, 0.4) is 0 Å². The third kappa shape index (κ3) is 8.09. The summed E-state index contributed by atoms with van der Waals surface area (Å²) in [5.41, 5.74) is 1.23. The Labute approximate surface area is 229 Å². The van der Waals surface area contributed by atoms with Gasteiger partial charge in [0, 0.05) is 0 Å². The van der Waals surface area contributed by atoms with Crippen LogP contribution < -0.4 is 25.5 Å². The number of hydrogen-bond acceptors (Lipinski definition) is 6.